The number of aliphatic hydroxyl groups excluding tert-OH is 1. The first-order valence-corrected chi connectivity index (χ1v) is 8.56. The molecule has 0 saturated carbocycles. The van der Waals surface area contributed by atoms with Crippen molar-refractivity contribution in [3.05, 3.63) is 17.0 Å². The van der Waals surface area contributed by atoms with Gasteiger partial charge in [0, 0.05) is 13.1 Å². The smallest absolute Gasteiger partial charge is 0.252 e. The average molecular weight is 320 g/mol. The van der Waals surface area contributed by atoms with Gasteiger partial charge in [0.15, 0.2) is 0 Å². The Bertz CT molecular complexity index is 582. The first-order valence-electron chi connectivity index (χ1n) is 5.90. The lowest BCUT2D eigenvalue weighted by Gasteiger charge is -2.33. The van der Waals surface area contributed by atoms with E-state index in [0.717, 1.165) is 11.3 Å². The van der Waals surface area contributed by atoms with Crippen LogP contribution in [0.15, 0.2) is 16.3 Å². The Labute approximate surface area is 122 Å². The number of aliphatic hydroxyl groups is 1. The molecule has 1 aliphatic heterocycles. The van der Waals surface area contributed by atoms with Crippen LogP contribution in [-0.2, 0) is 10.0 Å². The van der Waals surface area contributed by atoms with E-state index in [0.29, 0.717) is 24.4 Å². The van der Waals surface area contributed by atoms with E-state index in [2.05, 4.69) is 0 Å². The van der Waals surface area contributed by atoms with Gasteiger partial charge >= 0.3 is 0 Å². The minimum absolute atomic E-state index is 0.0569. The first-order chi connectivity index (χ1) is 8.82. The number of thiocarbonyl (C=S) groups is 1. The van der Waals surface area contributed by atoms with Crippen molar-refractivity contribution in [3.8, 4) is 0 Å². The van der Waals surface area contributed by atoms with Crippen molar-refractivity contribution in [3.63, 3.8) is 0 Å². The molecule has 5 nitrogen and oxygen atoms in total. The highest BCUT2D eigenvalue weighted by molar-refractivity contribution is 7.91. The lowest BCUT2D eigenvalue weighted by molar-refractivity contribution is 0.0629. The van der Waals surface area contributed by atoms with Gasteiger partial charge in [-0.25, -0.2) is 8.42 Å². The molecule has 19 heavy (non-hydrogen) atoms. The number of thiophene rings is 1. The molecule has 0 aromatic carbocycles. The zero-order valence-electron chi connectivity index (χ0n) is 10.4. The molecule has 1 aromatic rings. The quantitative estimate of drug-likeness (QED) is 0.804. The fourth-order valence-corrected chi connectivity index (χ4v) is 5.09. The highest BCUT2D eigenvalue weighted by Gasteiger charge is 2.33. The number of hydrogen-bond acceptors (Lipinski definition) is 5. The number of nitrogens with two attached hydrogens (primary N) is 1. The second kappa shape index (κ2) is 5.45. The molecular weight excluding hydrogens is 304 g/mol. The van der Waals surface area contributed by atoms with Crippen molar-refractivity contribution in [1.82, 2.24) is 4.31 Å². The third-order valence-corrected chi connectivity index (χ3v) is 7.04. The van der Waals surface area contributed by atoms with Gasteiger partial charge in [0.05, 0.1) is 11.0 Å². The Kier molecular flexibility index (Phi) is 4.26. The topological polar surface area (TPSA) is 83.6 Å². The summed E-state index contributed by atoms with van der Waals surface area (Å²) in [5.41, 5.74) is 5.49. The molecule has 106 valence electrons. The molecule has 8 heteroatoms. The van der Waals surface area contributed by atoms with Gasteiger partial charge in [0.2, 0.25) is 0 Å². The minimum atomic E-state index is -3.51. The highest BCUT2D eigenvalue weighted by atomic mass is 32.2. The van der Waals surface area contributed by atoms with E-state index in [4.69, 9.17) is 18.0 Å². The maximum absolute atomic E-state index is 12.4. The first kappa shape index (κ1) is 14.9. The molecule has 0 spiro atoms. The molecule has 2 rings (SSSR count). The number of sulfonamides is 1. The molecule has 0 radical (unpaired) electrons. The maximum atomic E-state index is 12.4. The van der Waals surface area contributed by atoms with Gasteiger partial charge in [0.1, 0.15) is 9.20 Å². The predicted molar refractivity (Wildman–Crippen MR) is 78.8 cm³/mol. The van der Waals surface area contributed by atoms with Crippen LogP contribution in [-0.4, -0.2) is 42.0 Å². The second-order valence-electron chi connectivity index (χ2n) is 4.68. The van der Waals surface area contributed by atoms with Crippen LogP contribution < -0.4 is 5.73 Å². The van der Waals surface area contributed by atoms with Crippen LogP contribution in [0.25, 0.3) is 0 Å². The Hall–Kier alpha value is -0.540. The molecule has 0 aliphatic carbocycles. The third kappa shape index (κ3) is 2.97. The minimum Gasteiger partial charge on any atom is -0.393 e. The van der Waals surface area contributed by atoms with Crippen molar-refractivity contribution in [2.24, 2.45) is 11.7 Å². The van der Waals surface area contributed by atoms with Gasteiger partial charge in [-0.15, -0.1) is 11.3 Å². The summed E-state index contributed by atoms with van der Waals surface area (Å²) in [4.78, 5) is 0.799. The molecule has 2 heterocycles. The molecule has 2 unspecified atom stereocenters. The van der Waals surface area contributed by atoms with E-state index in [1.807, 2.05) is 6.92 Å². The van der Waals surface area contributed by atoms with Gasteiger partial charge in [-0.2, -0.15) is 4.31 Å². The van der Waals surface area contributed by atoms with E-state index in [1.54, 1.807) is 6.07 Å². The highest BCUT2D eigenvalue weighted by Crippen LogP contribution is 2.28. The van der Waals surface area contributed by atoms with Crippen LogP contribution in [0.3, 0.4) is 0 Å². The van der Waals surface area contributed by atoms with Crippen LogP contribution in [0.4, 0.5) is 0 Å². The fourth-order valence-electron chi connectivity index (χ4n) is 2.03. The normalized spacial score (nSPS) is 25.4. The summed E-state index contributed by atoms with van der Waals surface area (Å²) in [5, 5.41) is 9.66. The Morgan fingerprint density at radius 2 is 2.26 bits per heavy atom. The zero-order chi connectivity index (χ0) is 14.2. The van der Waals surface area contributed by atoms with Crippen molar-refractivity contribution >= 4 is 38.6 Å². The largest absolute Gasteiger partial charge is 0.393 e. The van der Waals surface area contributed by atoms with Crippen molar-refractivity contribution in [2.75, 3.05) is 13.1 Å². The van der Waals surface area contributed by atoms with Crippen molar-refractivity contribution in [1.29, 1.82) is 0 Å². The SMILES string of the molecule is CC1CN(S(=O)(=O)c2ccc(C(N)=S)s2)CCC1O. The van der Waals surface area contributed by atoms with E-state index in [1.165, 1.54) is 10.4 Å². The predicted octanol–water partition coefficient (Wildman–Crippen LogP) is 0.774. The summed E-state index contributed by atoms with van der Waals surface area (Å²) in [6.07, 6.45) is 0.0375. The van der Waals surface area contributed by atoms with Gasteiger partial charge in [0.25, 0.3) is 10.0 Å². The average Bonchev–Trinajstić information content (AvgIpc) is 2.82. The summed E-state index contributed by atoms with van der Waals surface area (Å²) < 4.78 is 26.6. The number of nitrogens with zero attached hydrogens (tertiary/aromatic N) is 1. The summed E-state index contributed by atoms with van der Waals surface area (Å²) in [6, 6.07) is 3.16. The maximum Gasteiger partial charge on any atom is 0.252 e. The summed E-state index contributed by atoms with van der Waals surface area (Å²) in [5.74, 6) is -0.0569. The lowest BCUT2D eigenvalue weighted by Crippen LogP contribution is -2.44. The molecule has 0 amide bonds. The van der Waals surface area contributed by atoms with Crippen LogP contribution >= 0.6 is 23.6 Å². The monoisotopic (exact) mass is 320 g/mol. The van der Waals surface area contributed by atoms with Crippen LogP contribution in [0, 0.1) is 5.92 Å². The van der Waals surface area contributed by atoms with Crippen LogP contribution in [0.1, 0.15) is 18.2 Å². The molecule has 1 aliphatic rings. The molecule has 1 saturated heterocycles. The zero-order valence-corrected chi connectivity index (χ0v) is 12.9. The lowest BCUT2D eigenvalue weighted by atomic mass is 9.99. The molecule has 0 bridgehead atoms. The van der Waals surface area contributed by atoms with Gasteiger partial charge in [-0.1, -0.05) is 19.1 Å². The molecule has 1 fully saturated rings. The third-order valence-electron chi connectivity index (χ3n) is 3.24. The molecular formula is C11H16N2O3S3. The number of piperidine rings is 1. The van der Waals surface area contributed by atoms with E-state index < -0.39 is 16.1 Å². The van der Waals surface area contributed by atoms with Crippen molar-refractivity contribution in [2.45, 2.75) is 23.7 Å². The summed E-state index contributed by atoms with van der Waals surface area (Å²) in [6.45, 7) is 2.53. The van der Waals surface area contributed by atoms with E-state index in [-0.39, 0.29) is 15.1 Å². The van der Waals surface area contributed by atoms with Crippen molar-refractivity contribution < 1.29 is 13.5 Å². The Morgan fingerprint density at radius 3 is 2.79 bits per heavy atom. The van der Waals surface area contributed by atoms with Gasteiger partial charge in [-0.3, -0.25) is 0 Å². The Morgan fingerprint density at radius 1 is 1.58 bits per heavy atom. The van der Waals surface area contributed by atoms with E-state index >= 15 is 0 Å². The standard InChI is InChI=1S/C11H16N2O3S3/c1-7-6-13(5-4-8(7)14)19(15,16)10-3-2-9(18-10)11(12)17/h2-3,7-8,14H,4-6H2,1H3,(H2,12,17). The summed E-state index contributed by atoms with van der Waals surface area (Å²) >= 11 is 5.92. The van der Waals surface area contributed by atoms with E-state index in [9.17, 15) is 13.5 Å². The molecule has 3 N–H and O–H groups in total. The number of rotatable bonds is 3. The second-order valence-corrected chi connectivity index (χ2v) is 8.37. The Balaban J connectivity index is 2.24. The van der Waals surface area contributed by atoms with Gasteiger partial charge < -0.3 is 10.8 Å². The molecule has 2 atom stereocenters. The number of hydrogen-bond donors (Lipinski definition) is 2. The summed E-state index contributed by atoms with van der Waals surface area (Å²) in [7, 11) is -3.51. The fraction of sp³-hybridized carbons (Fsp3) is 0.545. The van der Waals surface area contributed by atoms with Crippen LogP contribution in [0.5, 0.6) is 0 Å². The molecule has 1 aromatic heterocycles. The van der Waals surface area contributed by atoms with Crippen LogP contribution in [0.2, 0.25) is 0 Å². The van der Waals surface area contributed by atoms with Gasteiger partial charge in [-0.05, 0) is 24.5 Å².